The maximum atomic E-state index is 12.2. The average molecular weight is 315 g/mol. The van der Waals surface area contributed by atoms with Crippen molar-refractivity contribution >= 4 is 16.0 Å². The van der Waals surface area contributed by atoms with Crippen LogP contribution >= 0.6 is 0 Å². The van der Waals surface area contributed by atoms with Crippen LogP contribution in [0.4, 0.5) is 0 Å². The quantitative estimate of drug-likeness (QED) is 0.713. The van der Waals surface area contributed by atoms with Gasteiger partial charge in [0.2, 0.25) is 10.0 Å². The van der Waals surface area contributed by atoms with E-state index < -0.39 is 16.0 Å². The molecule has 0 atom stereocenters. The van der Waals surface area contributed by atoms with E-state index in [0.29, 0.717) is 6.54 Å². The number of rotatable bonds is 9. The zero-order valence-corrected chi connectivity index (χ0v) is 12.9. The number of aromatic nitrogens is 2. The summed E-state index contributed by atoms with van der Waals surface area (Å²) >= 11 is 0. The molecule has 0 radical (unpaired) electrons. The second-order valence-corrected chi connectivity index (χ2v) is 7.42. The van der Waals surface area contributed by atoms with Crippen LogP contribution in [-0.4, -0.2) is 35.8 Å². The van der Waals surface area contributed by atoms with Crippen LogP contribution in [-0.2, 0) is 21.4 Å². The van der Waals surface area contributed by atoms with E-state index in [2.05, 4.69) is 16.7 Å². The van der Waals surface area contributed by atoms with Gasteiger partial charge in [-0.15, -0.1) is 0 Å². The number of carbonyl (C=O) groups is 1. The maximum absolute atomic E-state index is 12.2. The molecule has 2 N–H and O–H groups in total. The van der Waals surface area contributed by atoms with Crippen molar-refractivity contribution in [1.82, 2.24) is 14.5 Å². The molecule has 2 rings (SSSR count). The van der Waals surface area contributed by atoms with Crippen molar-refractivity contribution < 1.29 is 18.3 Å². The summed E-state index contributed by atoms with van der Waals surface area (Å²) in [6, 6.07) is 0. The van der Waals surface area contributed by atoms with E-state index in [0.717, 1.165) is 25.7 Å². The van der Waals surface area contributed by atoms with Crippen molar-refractivity contribution in [1.29, 1.82) is 0 Å². The monoisotopic (exact) mass is 315 g/mol. The van der Waals surface area contributed by atoms with Gasteiger partial charge in [-0.05, 0) is 24.7 Å². The summed E-state index contributed by atoms with van der Waals surface area (Å²) in [5.41, 5.74) is 0.140. The van der Waals surface area contributed by atoms with Crippen molar-refractivity contribution in [2.75, 3.05) is 6.54 Å². The van der Waals surface area contributed by atoms with Gasteiger partial charge in [0, 0.05) is 12.7 Å². The molecule has 1 aliphatic rings. The van der Waals surface area contributed by atoms with Crippen LogP contribution in [0.1, 0.15) is 39.0 Å². The van der Waals surface area contributed by atoms with E-state index in [1.807, 2.05) is 0 Å². The van der Waals surface area contributed by atoms with E-state index in [9.17, 15) is 13.2 Å². The third-order valence-electron chi connectivity index (χ3n) is 3.85. The zero-order valence-electron chi connectivity index (χ0n) is 12.1. The Hall–Kier alpha value is -1.41. The molecule has 1 aliphatic carbocycles. The van der Waals surface area contributed by atoms with Crippen LogP contribution in [0.3, 0.4) is 0 Å². The molecule has 1 aromatic heterocycles. The molecule has 0 amide bonds. The van der Waals surface area contributed by atoms with Gasteiger partial charge in [0.1, 0.15) is 4.90 Å². The van der Waals surface area contributed by atoms with Gasteiger partial charge >= 0.3 is 5.97 Å². The number of sulfonamides is 1. The molecule has 8 heteroatoms. The highest BCUT2D eigenvalue weighted by Crippen LogP contribution is 2.49. The number of hydrogen-bond donors (Lipinski definition) is 2. The predicted molar refractivity (Wildman–Crippen MR) is 76.2 cm³/mol. The molecule has 1 heterocycles. The fourth-order valence-electron chi connectivity index (χ4n) is 2.37. The van der Waals surface area contributed by atoms with Gasteiger partial charge in [0.15, 0.2) is 0 Å². The molecule has 0 saturated heterocycles. The molecular formula is C13H21N3O4S. The lowest BCUT2D eigenvalue weighted by Crippen LogP contribution is -2.30. The highest BCUT2D eigenvalue weighted by atomic mass is 32.2. The van der Waals surface area contributed by atoms with E-state index in [4.69, 9.17) is 5.11 Å². The van der Waals surface area contributed by atoms with Gasteiger partial charge in [0.05, 0.1) is 19.2 Å². The largest absolute Gasteiger partial charge is 0.481 e. The SMILES string of the molecule is CCCC1(CNS(=O)(=O)c2cnn(CCC(=O)O)c2)CC1. The number of hydrogen-bond acceptors (Lipinski definition) is 4. The summed E-state index contributed by atoms with van der Waals surface area (Å²) < 4.78 is 28.3. The molecular weight excluding hydrogens is 294 g/mol. The Morgan fingerprint density at radius 2 is 2.24 bits per heavy atom. The summed E-state index contributed by atoms with van der Waals surface area (Å²) in [4.78, 5) is 10.6. The third-order valence-corrected chi connectivity index (χ3v) is 5.21. The van der Waals surface area contributed by atoms with Crippen LogP contribution in [0, 0.1) is 5.41 Å². The van der Waals surface area contributed by atoms with Crippen LogP contribution < -0.4 is 4.72 Å². The van der Waals surface area contributed by atoms with Crippen LogP contribution in [0.5, 0.6) is 0 Å². The summed E-state index contributed by atoms with van der Waals surface area (Å²) in [6.07, 6.45) is 6.76. The van der Waals surface area contributed by atoms with Gasteiger partial charge < -0.3 is 5.11 Å². The second kappa shape index (κ2) is 6.15. The third kappa shape index (κ3) is 4.28. The molecule has 7 nitrogen and oxygen atoms in total. The Bertz CT molecular complexity index is 605. The molecule has 0 bridgehead atoms. The average Bonchev–Trinajstić information content (AvgIpc) is 3.01. The van der Waals surface area contributed by atoms with Crippen molar-refractivity contribution in [3.05, 3.63) is 12.4 Å². The first kappa shape index (κ1) is 16.0. The summed E-state index contributed by atoms with van der Waals surface area (Å²) in [5, 5.41) is 12.5. The minimum atomic E-state index is -3.57. The van der Waals surface area contributed by atoms with Gasteiger partial charge in [-0.1, -0.05) is 13.3 Å². The Morgan fingerprint density at radius 1 is 1.52 bits per heavy atom. The lowest BCUT2D eigenvalue weighted by molar-refractivity contribution is -0.137. The predicted octanol–water partition coefficient (Wildman–Crippen LogP) is 1.22. The molecule has 0 aliphatic heterocycles. The lowest BCUT2D eigenvalue weighted by atomic mass is 10.0. The maximum Gasteiger partial charge on any atom is 0.305 e. The van der Waals surface area contributed by atoms with Gasteiger partial charge in [-0.2, -0.15) is 5.10 Å². The Morgan fingerprint density at radius 3 is 2.81 bits per heavy atom. The Balaban J connectivity index is 1.95. The number of nitrogens with one attached hydrogen (secondary N) is 1. The van der Waals surface area contributed by atoms with E-state index >= 15 is 0 Å². The van der Waals surface area contributed by atoms with Crippen LogP contribution in [0.2, 0.25) is 0 Å². The molecule has 1 saturated carbocycles. The molecule has 1 aromatic rings. The van der Waals surface area contributed by atoms with E-state index in [-0.39, 0.29) is 23.3 Å². The van der Waals surface area contributed by atoms with Crippen molar-refractivity contribution in [2.45, 2.75) is 50.5 Å². The first-order valence-corrected chi connectivity index (χ1v) is 8.59. The second-order valence-electron chi connectivity index (χ2n) is 5.66. The standard InChI is InChI=1S/C13H21N3O4S/c1-2-4-13(5-6-13)10-15-21(19,20)11-8-14-16(9-11)7-3-12(17)18/h8-9,15H,2-7,10H2,1H3,(H,17,18). The number of aliphatic carboxylic acids is 1. The topological polar surface area (TPSA) is 101 Å². The molecule has 118 valence electrons. The molecule has 0 aromatic carbocycles. The van der Waals surface area contributed by atoms with Crippen molar-refractivity contribution in [3.8, 4) is 0 Å². The Labute approximate surface area is 124 Å². The first-order chi connectivity index (χ1) is 9.87. The minimum Gasteiger partial charge on any atom is -0.481 e. The highest BCUT2D eigenvalue weighted by molar-refractivity contribution is 7.89. The smallest absolute Gasteiger partial charge is 0.305 e. The molecule has 0 spiro atoms. The number of carboxylic acid groups (broad SMARTS) is 1. The number of nitrogens with zero attached hydrogens (tertiary/aromatic N) is 2. The number of carboxylic acids is 1. The first-order valence-electron chi connectivity index (χ1n) is 7.11. The van der Waals surface area contributed by atoms with Crippen LogP contribution in [0.15, 0.2) is 17.3 Å². The molecule has 0 unspecified atom stereocenters. The van der Waals surface area contributed by atoms with E-state index in [1.54, 1.807) is 0 Å². The van der Waals surface area contributed by atoms with Crippen LogP contribution in [0.25, 0.3) is 0 Å². The van der Waals surface area contributed by atoms with Gasteiger partial charge in [0.25, 0.3) is 0 Å². The van der Waals surface area contributed by atoms with Gasteiger partial charge in [-0.25, -0.2) is 13.1 Å². The number of aryl methyl sites for hydroxylation is 1. The van der Waals surface area contributed by atoms with Crippen molar-refractivity contribution in [3.63, 3.8) is 0 Å². The lowest BCUT2D eigenvalue weighted by Gasteiger charge is -2.14. The zero-order chi connectivity index (χ0) is 15.5. The minimum absolute atomic E-state index is 0.0835. The van der Waals surface area contributed by atoms with Crippen molar-refractivity contribution in [2.24, 2.45) is 5.41 Å². The summed E-state index contributed by atoms with van der Waals surface area (Å²) in [5.74, 6) is -0.941. The molecule has 21 heavy (non-hydrogen) atoms. The molecule has 1 fully saturated rings. The normalized spacial score (nSPS) is 16.8. The fraction of sp³-hybridized carbons (Fsp3) is 0.692. The highest BCUT2D eigenvalue weighted by Gasteiger charge is 2.42. The van der Waals surface area contributed by atoms with E-state index in [1.165, 1.54) is 17.1 Å². The summed E-state index contributed by atoms with van der Waals surface area (Å²) in [6.45, 7) is 2.72. The fourth-order valence-corrected chi connectivity index (χ4v) is 3.48. The van der Waals surface area contributed by atoms with Gasteiger partial charge in [-0.3, -0.25) is 9.48 Å². The summed E-state index contributed by atoms with van der Waals surface area (Å²) in [7, 11) is -3.57. The Kier molecular flexibility index (Phi) is 4.67.